The lowest BCUT2D eigenvalue weighted by atomic mass is 9.96. The summed E-state index contributed by atoms with van der Waals surface area (Å²) in [4.78, 5) is 12.0. The van der Waals surface area contributed by atoms with Crippen LogP contribution in [-0.2, 0) is 0 Å². The Bertz CT molecular complexity index is 419. The van der Waals surface area contributed by atoms with Crippen molar-refractivity contribution in [2.24, 2.45) is 5.41 Å². The van der Waals surface area contributed by atoms with Crippen molar-refractivity contribution >= 4 is 11.6 Å². The molecule has 0 fully saturated rings. The Hall–Kier alpha value is -1.51. The summed E-state index contributed by atoms with van der Waals surface area (Å²) in [5.41, 5.74) is 2.91. The highest BCUT2D eigenvalue weighted by atomic mass is 16.1. The third kappa shape index (κ3) is 4.40. The molecule has 100 valence electrons. The first-order valence-corrected chi connectivity index (χ1v) is 6.46. The topological polar surface area (TPSA) is 41.1 Å². The van der Waals surface area contributed by atoms with Crippen molar-refractivity contribution < 1.29 is 4.79 Å². The van der Waals surface area contributed by atoms with Crippen LogP contribution in [0.25, 0.3) is 0 Å². The molecule has 0 aliphatic heterocycles. The summed E-state index contributed by atoms with van der Waals surface area (Å²) >= 11 is 0. The smallest absolute Gasteiger partial charge is 0.251 e. The van der Waals surface area contributed by atoms with E-state index in [0.29, 0.717) is 6.54 Å². The largest absolute Gasteiger partial charge is 0.385 e. The van der Waals surface area contributed by atoms with Gasteiger partial charge in [0, 0.05) is 24.3 Å². The molecule has 0 bridgehead atoms. The van der Waals surface area contributed by atoms with Crippen LogP contribution in [0.5, 0.6) is 0 Å². The van der Waals surface area contributed by atoms with Crippen molar-refractivity contribution in [1.82, 2.24) is 5.32 Å². The van der Waals surface area contributed by atoms with E-state index in [-0.39, 0.29) is 11.3 Å². The first-order chi connectivity index (χ1) is 8.33. The zero-order valence-electron chi connectivity index (χ0n) is 12.1. The van der Waals surface area contributed by atoms with Crippen molar-refractivity contribution in [3.8, 4) is 0 Å². The van der Waals surface area contributed by atoms with E-state index in [2.05, 4.69) is 38.3 Å². The third-order valence-corrected chi connectivity index (χ3v) is 2.63. The van der Waals surface area contributed by atoms with Crippen LogP contribution in [0.2, 0.25) is 0 Å². The highest BCUT2D eigenvalue weighted by Crippen LogP contribution is 2.16. The predicted octanol–water partition coefficient (Wildman–Crippen LogP) is 3.20. The van der Waals surface area contributed by atoms with Gasteiger partial charge in [0.25, 0.3) is 5.91 Å². The summed E-state index contributed by atoms with van der Waals surface area (Å²) in [7, 11) is 0. The van der Waals surface area contributed by atoms with Crippen LogP contribution in [0.1, 0.15) is 43.6 Å². The number of carbonyl (C=O) groups excluding carboxylic acids is 1. The van der Waals surface area contributed by atoms with E-state index in [9.17, 15) is 4.79 Å². The van der Waals surface area contributed by atoms with Crippen LogP contribution in [0.4, 0.5) is 5.69 Å². The molecule has 1 aromatic carbocycles. The van der Waals surface area contributed by atoms with Gasteiger partial charge < -0.3 is 10.6 Å². The Labute approximate surface area is 110 Å². The molecule has 3 heteroatoms. The zero-order chi connectivity index (χ0) is 13.8. The molecule has 18 heavy (non-hydrogen) atoms. The second-order valence-corrected chi connectivity index (χ2v) is 5.80. The molecule has 1 aromatic rings. The number of benzene rings is 1. The second kappa shape index (κ2) is 5.89. The monoisotopic (exact) mass is 248 g/mol. The molecular formula is C15H24N2O. The molecule has 1 amide bonds. The fourth-order valence-corrected chi connectivity index (χ4v) is 1.67. The Morgan fingerprint density at radius 2 is 1.94 bits per heavy atom. The van der Waals surface area contributed by atoms with E-state index in [1.165, 1.54) is 0 Å². The molecule has 0 aliphatic rings. The standard InChI is InChI=1S/C15H24N2O/c1-6-16-12-7-8-13(11(2)9-12)14(18)17-10-15(3,4)5/h7-9,16H,6,10H2,1-5H3,(H,17,18). The molecule has 0 radical (unpaired) electrons. The second-order valence-electron chi connectivity index (χ2n) is 5.80. The van der Waals surface area contributed by atoms with Gasteiger partial charge in [-0.15, -0.1) is 0 Å². The molecule has 0 saturated heterocycles. The molecular weight excluding hydrogens is 224 g/mol. The van der Waals surface area contributed by atoms with Gasteiger partial charge in [0.1, 0.15) is 0 Å². The maximum atomic E-state index is 12.0. The quantitative estimate of drug-likeness (QED) is 0.859. The summed E-state index contributed by atoms with van der Waals surface area (Å²) in [5, 5.41) is 6.21. The molecule has 0 unspecified atom stereocenters. The number of hydrogen-bond acceptors (Lipinski definition) is 2. The SMILES string of the molecule is CCNc1ccc(C(=O)NCC(C)(C)C)c(C)c1. The normalized spacial score (nSPS) is 11.2. The van der Waals surface area contributed by atoms with Crippen LogP contribution >= 0.6 is 0 Å². The fraction of sp³-hybridized carbons (Fsp3) is 0.533. The maximum Gasteiger partial charge on any atom is 0.251 e. The average molecular weight is 248 g/mol. The minimum absolute atomic E-state index is 0.00507. The average Bonchev–Trinajstić information content (AvgIpc) is 2.25. The van der Waals surface area contributed by atoms with Crippen molar-refractivity contribution in [2.75, 3.05) is 18.4 Å². The van der Waals surface area contributed by atoms with Crippen molar-refractivity contribution in [3.05, 3.63) is 29.3 Å². The molecule has 0 heterocycles. The summed E-state index contributed by atoms with van der Waals surface area (Å²) in [6.07, 6.45) is 0. The number of rotatable bonds is 4. The highest BCUT2D eigenvalue weighted by molar-refractivity contribution is 5.96. The maximum absolute atomic E-state index is 12.0. The Morgan fingerprint density at radius 1 is 1.28 bits per heavy atom. The van der Waals surface area contributed by atoms with Gasteiger partial charge in [-0.2, -0.15) is 0 Å². The molecule has 2 N–H and O–H groups in total. The summed E-state index contributed by atoms with van der Waals surface area (Å²) in [5.74, 6) is 0.00507. The summed E-state index contributed by atoms with van der Waals surface area (Å²) in [6, 6.07) is 5.84. The van der Waals surface area contributed by atoms with Gasteiger partial charge in [-0.25, -0.2) is 0 Å². The van der Waals surface area contributed by atoms with Crippen molar-refractivity contribution in [3.63, 3.8) is 0 Å². The highest BCUT2D eigenvalue weighted by Gasteiger charge is 2.14. The fourth-order valence-electron chi connectivity index (χ4n) is 1.67. The van der Waals surface area contributed by atoms with E-state index in [1.54, 1.807) is 0 Å². The van der Waals surface area contributed by atoms with Gasteiger partial charge in [0.2, 0.25) is 0 Å². The van der Waals surface area contributed by atoms with Crippen molar-refractivity contribution in [2.45, 2.75) is 34.6 Å². The lowest BCUT2D eigenvalue weighted by Crippen LogP contribution is -2.32. The lowest BCUT2D eigenvalue weighted by Gasteiger charge is -2.19. The number of hydrogen-bond donors (Lipinski definition) is 2. The van der Waals surface area contributed by atoms with Gasteiger partial charge >= 0.3 is 0 Å². The van der Waals surface area contributed by atoms with Gasteiger partial charge in [0.15, 0.2) is 0 Å². The van der Waals surface area contributed by atoms with E-state index in [4.69, 9.17) is 0 Å². The number of nitrogens with one attached hydrogen (secondary N) is 2. The van der Waals surface area contributed by atoms with Crippen LogP contribution in [-0.4, -0.2) is 19.0 Å². The number of carbonyl (C=O) groups is 1. The zero-order valence-corrected chi connectivity index (χ0v) is 12.1. The first-order valence-electron chi connectivity index (χ1n) is 6.46. The Balaban J connectivity index is 2.74. The third-order valence-electron chi connectivity index (χ3n) is 2.63. The van der Waals surface area contributed by atoms with E-state index in [0.717, 1.165) is 23.4 Å². The van der Waals surface area contributed by atoms with Gasteiger partial charge in [-0.05, 0) is 43.0 Å². The molecule has 3 nitrogen and oxygen atoms in total. The predicted molar refractivity (Wildman–Crippen MR) is 77.1 cm³/mol. The van der Waals surface area contributed by atoms with Crippen LogP contribution in [0.15, 0.2) is 18.2 Å². The molecule has 0 aromatic heterocycles. The van der Waals surface area contributed by atoms with Gasteiger partial charge in [-0.1, -0.05) is 20.8 Å². The van der Waals surface area contributed by atoms with Crippen LogP contribution in [0.3, 0.4) is 0 Å². The minimum Gasteiger partial charge on any atom is -0.385 e. The number of aryl methyl sites for hydroxylation is 1. The molecule has 0 atom stereocenters. The Kier molecular flexibility index (Phi) is 4.76. The molecule has 0 saturated carbocycles. The summed E-state index contributed by atoms with van der Waals surface area (Å²) in [6.45, 7) is 11.9. The van der Waals surface area contributed by atoms with Crippen LogP contribution in [0, 0.1) is 12.3 Å². The van der Waals surface area contributed by atoms with Gasteiger partial charge in [0.05, 0.1) is 0 Å². The Morgan fingerprint density at radius 3 is 2.44 bits per heavy atom. The molecule has 0 aliphatic carbocycles. The lowest BCUT2D eigenvalue weighted by molar-refractivity contribution is 0.0938. The van der Waals surface area contributed by atoms with Crippen LogP contribution < -0.4 is 10.6 Å². The number of anilines is 1. The molecule has 0 spiro atoms. The minimum atomic E-state index is 0.00507. The first kappa shape index (κ1) is 14.6. The molecule has 1 rings (SSSR count). The van der Waals surface area contributed by atoms with E-state index < -0.39 is 0 Å². The van der Waals surface area contributed by atoms with Gasteiger partial charge in [-0.3, -0.25) is 4.79 Å². The summed E-state index contributed by atoms with van der Waals surface area (Å²) < 4.78 is 0. The van der Waals surface area contributed by atoms with Crippen molar-refractivity contribution in [1.29, 1.82) is 0 Å². The number of amides is 1. The van der Waals surface area contributed by atoms with E-state index in [1.807, 2.05) is 25.1 Å². The van der Waals surface area contributed by atoms with E-state index >= 15 is 0 Å².